The second-order valence-corrected chi connectivity index (χ2v) is 7.12. The maximum Gasteiger partial charge on any atom is 0.246 e. The van der Waals surface area contributed by atoms with Crippen LogP contribution in [0.3, 0.4) is 0 Å². The highest BCUT2D eigenvalue weighted by molar-refractivity contribution is 7.89. The van der Waals surface area contributed by atoms with Crippen molar-refractivity contribution in [1.82, 2.24) is 4.31 Å². The number of aliphatic hydroxyl groups is 1. The number of aliphatic hydroxyl groups excluding tert-OH is 1. The first-order valence-corrected chi connectivity index (χ1v) is 7.59. The monoisotopic (exact) mass is 307 g/mol. The largest absolute Gasteiger partial charge is 0.392 e. The summed E-state index contributed by atoms with van der Waals surface area (Å²) in [5.41, 5.74) is -0.734. The molecule has 1 rings (SSSR count). The van der Waals surface area contributed by atoms with Crippen LogP contribution in [-0.2, 0) is 16.6 Å². The Morgan fingerprint density at radius 2 is 1.85 bits per heavy atom. The van der Waals surface area contributed by atoms with E-state index < -0.39 is 38.7 Å². The minimum absolute atomic E-state index is 0.00480. The smallest absolute Gasteiger partial charge is 0.246 e. The lowest BCUT2D eigenvalue weighted by Gasteiger charge is -2.33. The molecule has 0 saturated heterocycles. The molecule has 0 unspecified atom stereocenters. The van der Waals surface area contributed by atoms with Crippen LogP contribution >= 0.6 is 0 Å². The van der Waals surface area contributed by atoms with Crippen LogP contribution in [0.25, 0.3) is 0 Å². The molecule has 0 aliphatic rings. The van der Waals surface area contributed by atoms with Gasteiger partial charge < -0.3 is 5.11 Å². The quantitative estimate of drug-likeness (QED) is 0.908. The van der Waals surface area contributed by atoms with Gasteiger partial charge in [-0.3, -0.25) is 0 Å². The lowest BCUT2D eigenvalue weighted by molar-refractivity contribution is 0.255. The molecule has 0 radical (unpaired) electrons. The predicted octanol–water partition coefficient (Wildman–Crippen LogP) is 2.27. The van der Waals surface area contributed by atoms with E-state index >= 15 is 0 Å². The number of halogens is 2. The van der Waals surface area contributed by atoms with Gasteiger partial charge in [0, 0.05) is 12.6 Å². The predicted molar refractivity (Wildman–Crippen MR) is 71.6 cm³/mol. The zero-order valence-corrected chi connectivity index (χ0v) is 12.8. The van der Waals surface area contributed by atoms with Crippen molar-refractivity contribution in [2.24, 2.45) is 0 Å². The van der Waals surface area contributed by atoms with Gasteiger partial charge in [-0.1, -0.05) is 6.92 Å². The first-order valence-electron chi connectivity index (χ1n) is 6.15. The zero-order chi connectivity index (χ0) is 15.7. The van der Waals surface area contributed by atoms with Crippen molar-refractivity contribution >= 4 is 10.0 Å². The van der Waals surface area contributed by atoms with E-state index in [0.717, 1.165) is 16.4 Å². The average Bonchev–Trinajstić information content (AvgIpc) is 2.40. The lowest BCUT2D eigenvalue weighted by atomic mass is 10.0. The summed E-state index contributed by atoms with van der Waals surface area (Å²) in [6.07, 6.45) is 0.506. The highest BCUT2D eigenvalue weighted by atomic mass is 32.2. The van der Waals surface area contributed by atoms with Crippen molar-refractivity contribution < 1.29 is 22.3 Å². The van der Waals surface area contributed by atoms with Gasteiger partial charge in [0.15, 0.2) is 11.6 Å². The summed E-state index contributed by atoms with van der Waals surface area (Å²) in [7, 11) is -2.87. The zero-order valence-electron chi connectivity index (χ0n) is 11.9. The number of hydrogen-bond acceptors (Lipinski definition) is 3. The standard InChI is InChI=1S/C13H19F2NO3S/c1-5-13(2,3)16(4)20(18,19)11-7-9(8-17)6-10(14)12(11)15/h6-7,17H,5,8H2,1-4H3. The molecule has 0 atom stereocenters. The van der Waals surface area contributed by atoms with Crippen molar-refractivity contribution in [3.63, 3.8) is 0 Å². The van der Waals surface area contributed by atoms with Gasteiger partial charge in [-0.25, -0.2) is 17.2 Å². The molecule has 0 aliphatic heterocycles. The molecule has 0 bridgehead atoms. The van der Waals surface area contributed by atoms with Crippen LogP contribution in [0, 0.1) is 11.6 Å². The molecule has 0 aliphatic carbocycles. The molecule has 1 N–H and O–H groups in total. The molecule has 0 spiro atoms. The molecule has 20 heavy (non-hydrogen) atoms. The molecule has 4 nitrogen and oxygen atoms in total. The summed E-state index contributed by atoms with van der Waals surface area (Å²) in [5, 5.41) is 8.99. The highest BCUT2D eigenvalue weighted by Gasteiger charge is 2.35. The minimum Gasteiger partial charge on any atom is -0.392 e. The van der Waals surface area contributed by atoms with Gasteiger partial charge >= 0.3 is 0 Å². The van der Waals surface area contributed by atoms with Crippen molar-refractivity contribution in [3.05, 3.63) is 29.3 Å². The average molecular weight is 307 g/mol. The normalized spacial score (nSPS) is 13.0. The van der Waals surface area contributed by atoms with E-state index in [1.54, 1.807) is 20.8 Å². The van der Waals surface area contributed by atoms with Crippen LogP contribution in [0.2, 0.25) is 0 Å². The van der Waals surface area contributed by atoms with Crippen molar-refractivity contribution in [2.45, 2.75) is 44.2 Å². The van der Waals surface area contributed by atoms with E-state index in [2.05, 4.69) is 0 Å². The molecule has 0 saturated carbocycles. The Morgan fingerprint density at radius 1 is 1.30 bits per heavy atom. The summed E-state index contributed by atoms with van der Waals surface area (Å²) in [6, 6.07) is 1.73. The van der Waals surface area contributed by atoms with E-state index in [1.807, 2.05) is 0 Å². The fourth-order valence-electron chi connectivity index (χ4n) is 1.59. The number of nitrogens with zero attached hydrogens (tertiary/aromatic N) is 1. The molecule has 0 fully saturated rings. The molecule has 1 aromatic rings. The van der Waals surface area contributed by atoms with E-state index in [0.29, 0.717) is 6.42 Å². The molecular weight excluding hydrogens is 288 g/mol. The summed E-state index contributed by atoms with van der Waals surface area (Å²) in [5.74, 6) is -2.72. The number of benzene rings is 1. The fraction of sp³-hybridized carbons (Fsp3) is 0.538. The molecule has 114 valence electrons. The summed E-state index contributed by atoms with van der Waals surface area (Å²) >= 11 is 0. The molecular formula is C13H19F2NO3S. The second-order valence-electron chi connectivity index (χ2n) is 5.19. The van der Waals surface area contributed by atoms with Crippen LogP contribution in [0.4, 0.5) is 8.78 Å². The number of rotatable bonds is 5. The number of hydrogen-bond donors (Lipinski definition) is 1. The molecule has 0 aromatic heterocycles. The van der Waals surface area contributed by atoms with Crippen LogP contribution in [0.5, 0.6) is 0 Å². The van der Waals surface area contributed by atoms with Crippen molar-refractivity contribution in [1.29, 1.82) is 0 Å². The Labute approximate surface area is 118 Å². The van der Waals surface area contributed by atoms with Gasteiger partial charge in [-0.2, -0.15) is 4.31 Å². The summed E-state index contributed by atoms with van der Waals surface area (Å²) in [6.45, 7) is 4.61. The third kappa shape index (κ3) is 2.99. The Kier molecular flexibility index (Phi) is 4.89. The second kappa shape index (κ2) is 5.75. The van der Waals surface area contributed by atoms with E-state index in [-0.39, 0.29) is 5.56 Å². The third-order valence-electron chi connectivity index (χ3n) is 3.59. The Bertz CT molecular complexity index is 600. The maximum absolute atomic E-state index is 13.8. The van der Waals surface area contributed by atoms with Crippen molar-refractivity contribution in [2.75, 3.05) is 7.05 Å². The summed E-state index contributed by atoms with van der Waals surface area (Å²) < 4.78 is 53.1. The van der Waals surface area contributed by atoms with Gasteiger partial charge in [0.05, 0.1) is 6.61 Å². The molecule has 1 aromatic carbocycles. The fourth-order valence-corrected chi connectivity index (χ4v) is 3.29. The van der Waals surface area contributed by atoms with E-state index in [9.17, 15) is 17.2 Å². The van der Waals surface area contributed by atoms with E-state index in [1.165, 1.54) is 7.05 Å². The Hall–Kier alpha value is -1.05. The van der Waals surface area contributed by atoms with Gasteiger partial charge in [-0.05, 0) is 38.0 Å². The lowest BCUT2D eigenvalue weighted by Crippen LogP contribution is -2.44. The van der Waals surface area contributed by atoms with Gasteiger partial charge in [0.25, 0.3) is 0 Å². The molecule has 0 amide bonds. The third-order valence-corrected chi connectivity index (χ3v) is 5.66. The van der Waals surface area contributed by atoms with E-state index in [4.69, 9.17) is 5.11 Å². The van der Waals surface area contributed by atoms with Gasteiger partial charge in [-0.15, -0.1) is 0 Å². The molecule has 7 heteroatoms. The van der Waals surface area contributed by atoms with Gasteiger partial charge in [0.1, 0.15) is 4.90 Å². The molecule has 0 heterocycles. The van der Waals surface area contributed by atoms with Crippen LogP contribution in [0.1, 0.15) is 32.8 Å². The van der Waals surface area contributed by atoms with Crippen LogP contribution in [-0.4, -0.2) is 30.4 Å². The summed E-state index contributed by atoms with van der Waals surface area (Å²) in [4.78, 5) is -0.759. The minimum atomic E-state index is -4.19. The SMILES string of the molecule is CCC(C)(C)N(C)S(=O)(=O)c1cc(CO)cc(F)c1F. The van der Waals surface area contributed by atoms with Gasteiger partial charge in [0.2, 0.25) is 10.0 Å². The van der Waals surface area contributed by atoms with Crippen LogP contribution in [0.15, 0.2) is 17.0 Å². The first kappa shape index (κ1) is 17.0. The Balaban J connectivity index is 3.47. The Morgan fingerprint density at radius 3 is 2.30 bits per heavy atom. The first-order chi connectivity index (χ1) is 9.07. The topological polar surface area (TPSA) is 57.6 Å². The van der Waals surface area contributed by atoms with Crippen molar-refractivity contribution in [3.8, 4) is 0 Å². The maximum atomic E-state index is 13.8. The highest BCUT2D eigenvalue weighted by Crippen LogP contribution is 2.28. The number of sulfonamides is 1. The van der Waals surface area contributed by atoms with Crippen LogP contribution < -0.4 is 0 Å².